The van der Waals surface area contributed by atoms with E-state index in [-0.39, 0.29) is 42.7 Å². The molecular weight excluding hydrogens is 313 g/mol. The Labute approximate surface area is 141 Å². The highest BCUT2D eigenvalue weighted by Gasteiger charge is 2.27. The monoisotopic (exact) mass is 343 g/mol. The predicted octanol–water partition coefficient (Wildman–Crippen LogP) is 1.43. The first-order valence-electron chi connectivity index (χ1n) is 7.44. The van der Waals surface area contributed by atoms with E-state index in [1.54, 1.807) is 0 Å². The summed E-state index contributed by atoms with van der Waals surface area (Å²) in [5.74, 6) is 0.237. The van der Waals surface area contributed by atoms with Gasteiger partial charge in [0.1, 0.15) is 0 Å². The summed E-state index contributed by atoms with van der Waals surface area (Å²) in [6.45, 7) is 10.6. The Morgan fingerprint density at radius 3 is 2.29 bits per heavy atom. The van der Waals surface area contributed by atoms with Crippen LogP contribution in [0.2, 0.25) is 0 Å². The van der Waals surface area contributed by atoms with Gasteiger partial charge in [-0.2, -0.15) is 0 Å². The summed E-state index contributed by atoms with van der Waals surface area (Å²) >= 11 is 0. The molecule has 0 aromatic rings. The van der Waals surface area contributed by atoms with Crippen LogP contribution in [0, 0.1) is 5.92 Å². The van der Waals surface area contributed by atoms with E-state index in [4.69, 9.17) is 10.5 Å². The van der Waals surface area contributed by atoms with Crippen LogP contribution in [0.25, 0.3) is 0 Å². The van der Waals surface area contributed by atoms with Gasteiger partial charge in [0.15, 0.2) is 0 Å². The van der Waals surface area contributed by atoms with Crippen molar-refractivity contribution in [3.63, 3.8) is 0 Å². The van der Waals surface area contributed by atoms with E-state index in [2.05, 4.69) is 24.1 Å². The number of ether oxygens (including phenoxy) is 1. The topological polar surface area (TPSA) is 67.6 Å². The molecular formula is C14H31Cl2N3O2. The van der Waals surface area contributed by atoms with Crippen molar-refractivity contribution >= 4 is 30.7 Å². The molecule has 0 radical (unpaired) electrons. The van der Waals surface area contributed by atoms with E-state index < -0.39 is 6.04 Å². The van der Waals surface area contributed by atoms with E-state index >= 15 is 0 Å². The molecule has 2 atom stereocenters. The van der Waals surface area contributed by atoms with Gasteiger partial charge in [-0.15, -0.1) is 24.8 Å². The van der Waals surface area contributed by atoms with Gasteiger partial charge in [-0.25, -0.2) is 0 Å². The Balaban J connectivity index is 0. The van der Waals surface area contributed by atoms with Crippen LogP contribution in [0.4, 0.5) is 0 Å². The van der Waals surface area contributed by atoms with Gasteiger partial charge in [0.2, 0.25) is 5.91 Å². The first-order chi connectivity index (χ1) is 9.08. The van der Waals surface area contributed by atoms with Crippen molar-refractivity contribution in [3.8, 4) is 0 Å². The Kier molecular flexibility index (Phi) is 13.8. The van der Waals surface area contributed by atoms with Crippen molar-refractivity contribution in [3.05, 3.63) is 0 Å². The molecule has 0 aromatic carbocycles. The maximum atomic E-state index is 12.1. The van der Waals surface area contributed by atoms with Crippen molar-refractivity contribution in [2.45, 2.75) is 45.7 Å². The third kappa shape index (κ3) is 8.21. The van der Waals surface area contributed by atoms with E-state index in [0.717, 1.165) is 45.7 Å². The Morgan fingerprint density at radius 2 is 1.81 bits per heavy atom. The molecule has 7 heteroatoms. The molecule has 0 spiro atoms. The molecule has 2 unspecified atom stereocenters. The summed E-state index contributed by atoms with van der Waals surface area (Å²) in [4.78, 5) is 14.4. The van der Waals surface area contributed by atoms with E-state index in [1.165, 1.54) is 0 Å². The second kappa shape index (κ2) is 12.5. The van der Waals surface area contributed by atoms with Gasteiger partial charge < -0.3 is 20.7 Å². The van der Waals surface area contributed by atoms with E-state index in [1.807, 2.05) is 6.92 Å². The SMILES string of the molecule is CCN(CC)CC(C)NC(=O)C(N)C1CCOCC1.Cl.Cl. The molecule has 0 aliphatic carbocycles. The molecule has 1 heterocycles. The number of hydrogen-bond donors (Lipinski definition) is 2. The minimum Gasteiger partial charge on any atom is -0.381 e. The van der Waals surface area contributed by atoms with Gasteiger partial charge in [0, 0.05) is 25.8 Å². The number of rotatable bonds is 7. The van der Waals surface area contributed by atoms with Gasteiger partial charge in [-0.05, 0) is 38.8 Å². The number of likely N-dealkylation sites (N-methyl/N-ethyl adjacent to an activating group) is 1. The maximum Gasteiger partial charge on any atom is 0.237 e. The average Bonchev–Trinajstić information content (AvgIpc) is 2.44. The van der Waals surface area contributed by atoms with Gasteiger partial charge in [0.05, 0.1) is 6.04 Å². The molecule has 3 N–H and O–H groups in total. The number of halogens is 2. The zero-order chi connectivity index (χ0) is 14.3. The molecule has 1 fully saturated rings. The van der Waals surface area contributed by atoms with Gasteiger partial charge >= 0.3 is 0 Å². The summed E-state index contributed by atoms with van der Waals surface area (Å²) in [6.07, 6.45) is 1.78. The second-order valence-electron chi connectivity index (χ2n) is 5.37. The first-order valence-corrected chi connectivity index (χ1v) is 7.44. The lowest BCUT2D eigenvalue weighted by Crippen LogP contribution is -2.51. The molecule has 21 heavy (non-hydrogen) atoms. The Morgan fingerprint density at radius 1 is 1.29 bits per heavy atom. The van der Waals surface area contributed by atoms with Crippen molar-refractivity contribution in [1.29, 1.82) is 0 Å². The molecule has 5 nitrogen and oxygen atoms in total. The van der Waals surface area contributed by atoms with Crippen LogP contribution < -0.4 is 11.1 Å². The molecule has 0 bridgehead atoms. The highest BCUT2D eigenvalue weighted by Crippen LogP contribution is 2.17. The van der Waals surface area contributed by atoms with Crippen LogP contribution in [-0.4, -0.2) is 55.7 Å². The molecule has 1 rings (SSSR count). The number of carbonyl (C=O) groups excluding carboxylic acids is 1. The second-order valence-corrected chi connectivity index (χ2v) is 5.37. The summed E-state index contributed by atoms with van der Waals surface area (Å²) < 4.78 is 5.30. The van der Waals surface area contributed by atoms with Crippen LogP contribution in [0.5, 0.6) is 0 Å². The normalized spacial score (nSPS) is 18.3. The molecule has 1 saturated heterocycles. The minimum atomic E-state index is -0.400. The number of amides is 1. The van der Waals surface area contributed by atoms with Crippen LogP contribution in [-0.2, 0) is 9.53 Å². The lowest BCUT2D eigenvalue weighted by atomic mass is 9.91. The zero-order valence-corrected chi connectivity index (χ0v) is 15.0. The summed E-state index contributed by atoms with van der Waals surface area (Å²) in [5, 5.41) is 3.03. The fourth-order valence-corrected chi connectivity index (χ4v) is 2.54. The van der Waals surface area contributed by atoms with Crippen LogP contribution in [0.1, 0.15) is 33.6 Å². The number of carbonyl (C=O) groups is 1. The van der Waals surface area contributed by atoms with Gasteiger partial charge in [0.25, 0.3) is 0 Å². The third-order valence-electron chi connectivity index (χ3n) is 3.89. The quantitative estimate of drug-likeness (QED) is 0.733. The highest BCUT2D eigenvalue weighted by molar-refractivity contribution is 5.85. The van der Waals surface area contributed by atoms with Crippen molar-refractivity contribution < 1.29 is 9.53 Å². The van der Waals surface area contributed by atoms with Crippen LogP contribution in [0.15, 0.2) is 0 Å². The molecule has 0 aromatic heterocycles. The van der Waals surface area contributed by atoms with Crippen molar-refractivity contribution in [2.24, 2.45) is 11.7 Å². The lowest BCUT2D eigenvalue weighted by molar-refractivity contribution is -0.125. The largest absolute Gasteiger partial charge is 0.381 e. The standard InChI is InChI=1S/C14H29N3O2.2ClH/c1-4-17(5-2)10-11(3)16-14(18)13(15)12-6-8-19-9-7-12;;/h11-13H,4-10,15H2,1-3H3,(H,16,18);2*1H. The summed E-state index contributed by atoms with van der Waals surface area (Å²) in [7, 11) is 0. The fraction of sp³-hybridized carbons (Fsp3) is 0.929. The van der Waals surface area contributed by atoms with Crippen molar-refractivity contribution in [2.75, 3.05) is 32.8 Å². The number of nitrogens with zero attached hydrogens (tertiary/aromatic N) is 1. The van der Waals surface area contributed by atoms with Crippen LogP contribution in [0.3, 0.4) is 0 Å². The average molecular weight is 344 g/mol. The number of nitrogens with one attached hydrogen (secondary N) is 1. The highest BCUT2D eigenvalue weighted by atomic mass is 35.5. The minimum absolute atomic E-state index is 0. The van der Waals surface area contributed by atoms with Gasteiger partial charge in [-0.1, -0.05) is 13.8 Å². The Hall–Kier alpha value is -0.0700. The first kappa shape index (κ1) is 23.2. The van der Waals surface area contributed by atoms with E-state index in [0.29, 0.717) is 0 Å². The predicted molar refractivity (Wildman–Crippen MR) is 91.4 cm³/mol. The van der Waals surface area contributed by atoms with Crippen molar-refractivity contribution in [1.82, 2.24) is 10.2 Å². The third-order valence-corrected chi connectivity index (χ3v) is 3.89. The fourth-order valence-electron chi connectivity index (χ4n) is 2.54. The molecule has 1 amide bonds. The molecule has 1 aliphatic rings. The van der Waals surface area contributed by atoms with Gasteiger partial charge in [-0.3, -0.25) is 4.79 Å². The maximum absolute atomic E-state index is 12.1. The lowest BCUT2D eigenvalue weighted by Gasteiger charge is -2.29. The molecule has 128 valence electrons. The molecule has 0 saturated carbocycles. The number of hydrogen-bond acceptors (Lipinski definition) is 4. The van der Waals surface area contributed by atoms with E-state index in [9.17, 15) is 4.79 Å². The summed E-state index contributed by atoms with van der Waals surface area (Å²) in [5.41, 5.74) is 6.05. The molecule has 1 aliphatic heterocycles. The number of nitrogens with two attached hydrogens (primary N) is 1. The smallest absolute Gasteiger partial charge is 0.237 e. The Bertz CT molecular complexity index is 273. The zero-order valence-electron chi connectivity index (χ0n) is 13.3. The summed E-state index contributed by atoms with van der Waals surface area (Å²) in [6, 6.07) is -0.263. The van der Waals surface area contributed by atoms with Crippen LogP contribution >= 0.6 is 24.8 Å².